The number of benzene rings is 2. The SMILES string of the molecule is CCCOc1ccc(N(CC(=O)n2cc(C(=O)OC)c3ccccc32)S(C)(=O)=O)cc1. The predicted molar refractivity (Wildman–Crippen MR) is 118 cm³/mol. The van der Waals surface area contributed by atoms with Crippen LogP contribution >= 0.6 is 0 Å². The topological polar surface area (TPSA) is 94.9 Å². The zero-order valence-corrected chi connectivity index (χ0v) is 18.4. The molecule has 0 saturated carbocycles. The molecule has 8 nitrogen and oxygen atoms in total. The van der Waals surface area contributed by atoms with Crippen molar-refractivity contribution < 1.29 is 27.5 Å². The molecule has 0 amide bonds. The second-order valence-corrected chi connectivity index (χ2v) is 8.83. The number of esters is 1. The van der Waals surface area contributed by atoms with E-state index in [1.807, 2.05) is 6.92 Å². The van der Waals surface area contributed by atoms with Crippen molar-refractivity contribution >= 4 is 38.5 Å². The van der Waals surface area contributed by atoms with E-state index in [4.69, 9.17) is 9.47 Å². The van der Waals surface area contributed by atoms with Gasteiger partial charge in [-0.3, -0.25) is 13.7 Å². The van der Waals surface area contributed by atoms with Crippen LogP contribution in [0.3, 0.4) is 0 Å². The molecule has 0 unspecified atom stereocenters. The molecule has 0 atom stereocenters. The van der Waals surface area contributed by atoms with E-state index in [1.54, 1.807) is 48.5 Å². The molecule has 0 bridgehead atoms. The van der Waals surface area contributed by atoms with Crippen LogP contribution in [0.4, 0.5) is 5.69 Å². The van der Waals surface area contributed by atoms with Crippen LogP contribution in [-0.4, -0.2) is 51.4 Å². The summed E-state index contributed by atoms with van der Waals surface area (Å²) in [6.45, 7) is 2.10. The fraction of sp³-hybridized carbons (Fsp3) is 0.273. The Bertz CT molecular complexity index is 1200. The maximum atomic E-state index is 13.1. The largest absolute Gasteiger partial charge is 0.494 e. The maximum absolute atomic E-state index is 13.1. The summed E-state index contributed by atoms with van der Waals surface area (Å²) in [4.78, 5) is 25.2. The molecule has 0 fully saturated rings. The summed E-state index contributed by atoms with van der Waals surface area (Å²) >= 11 is 0. The number of methoxy groups -OCH3 is 1. The van der Waals surface area contributed by atoms with Gasteiger partial charge in [-0.25, -0.2) is 13.2 Å². The Morgan fingerprint density at radius 3 is 2.35 bits per heavy atom. The zero-order chi connectivity index (χ0) is 22.6. The third kappa shape index (κ3) is 4.88. The molecule has 31 heavy (non-hydrogen) atoms. The van der Waals surface area contributed by atoms with Crippen molar-refractivity contribution in [2.45, 2.75) is 13.3 Å². The number of nitrogens with zero attached hydrogens (tertiary/aromatic N) is 2. The van der Waals surface area contributed by atoms with Gasteiger partial charge in [0.05, 0.1) is 36.7 Å². The van der Waals surface area contributed by atoms with Gasteiger partial charge in [-0.05, 0) is 36.8 Å². The Kier molecular flexibility index (Phi) is 6.65. The number of ether oxygens (including phenoxy) is 2. The third-order valence-corrected chi connectivity index (χ3v) is 5.80. The second-order valence-electron chi connectivity index (χ2n) is 6.93. The Labute approximate surface area is 181 Å². The van der Waals surface area contributed by atoms with Crippen molar-refractivity contribution in [1.82, 2.24) is 4.57 Å². The number of aromatic nitrogens is 1. The van der Waals surface area contributed by atoms with Crippen molar-refractivity contribution in [3.8, 4) is 5.75 Å². The first-order valence-electron chi connectivity index (χ1n) is 9.68. The summed E-state index contributed by atoms with van der Waals surface area (Å²) in [5.74, 6) is -0.474. The average molecular weight is 445 g/mol. The molecule has 0 saturated heterocycles. The Hall–Kier alpha value is -3.33. The summed E-state index contributed by atoms with van der Waals surface area (Å²) in [6, 6.07) is 13.4. The van der Waals surface area contributed by atoms with Gasteiger partial charge >= 0.3 is 5.97 Å². The molecule has 0 spiro atoms. The van der Waals surface area contributed by atoms with E-state index in [9.17, 15) is 18.0 Å². The van der Waals surface area contributed by atoms with Crippen LogP contribution in [-0.2, 0) is 14.8 Å². The molecule has 3 aromatic rings. The van der Waals surface area contributed by atoms with E-state index in [0.29, 0.717) is 28.9 Å². The molecular weight excluding hydrogens is 420 g/mol. The van der Waals surface area contributed by atoms with Gasteiger partial charge in [-0.2, -0.15) is 0 Å². The lowest BCUT2D eigenvalue weighted by Gasteiger charge is -2.22. The number of sulfonamides is 1. The molecule has 0 radical (unpaired) electrons. The molecule has 1 aromatic heterocycles. The fourth-order valence-corrected chi connectivity index (χ4v) is 4.04. The van der Waals surface area contributed by atoms with Crippen molar-refractivity contribution in [2.24, 2.45) is 0 Å². The Morgan fingerprint density at radius 1 is 1.06 bits per heavy atom. The summed E-state index contributed by atoms with van der Waals surface area (Å²) < 4.78 is 37.5. The molecule has 164 valence electrons. The van der Waals surface area contributed by atoms with Crippen LogP contribution in [0.15, 0.2) is 54.7 Å². The first kappa shape index (κ1) is 22.4. The molecule has 9 heteroatoms. The van der Waals surface area contributed by atoms with Gasteiger partial charge in [0.1, 0.15) is 12.3 Å². The smallest absolute Gasteiger partial charge is 0.340 e. The van der Waals surface area contributed by atoms with E-state index >= 15 is 0 Å². The first-order valence-corrected chi connectivity index (χ1v) is 11.5. The summed E-state index contributed by atoms with van der Waals surface area (Å²) in [6.07, 6.45) is 3.26. The van der Waals surface area contributed by atoms with Crippen LogP contribution in [0.1, 0.15) is 28.5 Å². The second kappa shape index (κ2) is 9.22. The van der Waals surface area contributed by atoms with Gasteiger partial charge in [0.2, 0.25) is 10.0 Å². The minimum absolute atomic E-state index is 0.231. The van der Waals surface area contributed by atoms with Gasteiger partial charge in [-0.1, -0.05) is 25.1 Å². The van der Waals surface area contributed by atoms with Crippen LogP contribution < -0.4 is 9.04 Å². The van der Waals surface area contributed by atoms with E-state index in [0.717, 1.165) is 17.0 Å². The molecule has 0 aliphatic rings. The van der Waals surface area contributed by atoms with Crippen molar-refractivity contribution in [3.05, 3.63) is 60.3 Å². The zero-order valence-electron chi connectivity index (χ0n) is 17.6. The lowest BCUT2D eigenvalue weighted by molar-refractivity contribution is 0.0603. The number of carbonyl (C=O) groups is 2. The van der Waals surface area contributed by atoms with E-state index < -0.39 is 28.4 Å². The number of hydrogen-bond donors (Lipinski definition) is 0. The number of hydrogen-bond acceptors (Lipinski definition) is 6. The molecular formula is C22H24N2O6S. The van der Waals surface area contributed by atoms with Gasteiger partial charge in [0.15, 0.2) is 0 Å². The highest BCUT2D eigenvalue weighted by Gasteiger charge is 2.24. The minimum atomic E-state index is -3.75. The fourth-order valence-electron chi connectivity index (χ4n) is 3.19. The highest BCUT2D eigenvalue weighted by molar-refractivity contribution is 7.92. The lowest BCUT2D eigenvalue weighted by Crippen LogP contribution is -2.36. The van der Waals surface area contributed by atoms with Gasteiger partial charge < -0.3 is 9.47 Å². The lowest BCUT2D eigenvalue weighted by atomic mass is 10.2. The van der Waals surface area contributed by atoms with E-state index in [1.165, 1.54) is 17.9 Å². The van der Waals surface area contributed by atoms with Crippen LogP contribution in [0.5, 0.6) is 5.75 Å². The van der Waals surface area contributed by atoms with Crippen LogP contribution in [0, 0.1) is 0 Å². The number of carbonyl (C=O) groups excluding carboxylic acids is 2. The minimum Gasteiger partial charge on any atom is -0.494 e. The molecule has 2 aromatic carbocycles. The first-order chi connectivity index (χ1) is 14.8. The highest BCUT2D eigenvalue weighted by atomic mass is 32.2. The monoisotopic (exact) mass is 444 g/mol. The Morgan fingerprint density at radius 2 is 1.74 bits per heavy atom. The number of rotatable bonds is 8. The molecule has 0 aliphatic carbocycles. The normalized spacial score (nSPS) is 11.3. The Balaban J connectivity index is 1.95. The highest BCUT2D eigenvalue weighted by Crippen LogP contribution is 2.25. The van der Waals surface area contributed by atoms with Gasteiger partial charge in [0, 0.05) is 11.6 Å². The average Bonchev–Trinajstić information content (AvgIpc) is 3.15. The van der Waals surface area contributed by atoms with Gasteiger partial charge in [0.25, 0.3) is 5.91 Å². The number of para-hydroxylation sites is 1. The van der Waals surface area contributed by atoms with Crippen LogP contribution in [0.25, 0.3) is 10.9 Å². The van der Waals surface area contributed by atoms with Crippen molar-refractivity contribution in [3.63, 3.8) is 0 Å². The maximum Gasteiger partial charge on any atom is 0.340 e. The quantitative estimate of drug-likeness (QED) is 0.495. The molecule has 3 rings (SSSR count). The van der Waals surface area contributed by atoms with Crippen molar-refractivity contribution in [2.75, 3.05) is 30.8 Å². The predicted octanol–water partition coefficient (Wildman–Crippen LogP) is 3.32. The van der Waals surface area contributed by atoms with E-state index in [2.05, 4.69) is 0 Å². The third-order valence-electron chi connectivity index (χ3n) is 4.66. The summed E-state index contributed by atoms with van der Waals surface area (Å²) in [5.41, 5.74) is 1.06. The number of anilines is 1. The number of fused-ring (bicyclic) bond motifs is 1. The molecule has 0 N–H and O–H groups in total. The standard InChI is InChI=1S/C22H24N2O6S/c1-4-13-30-17-11-9-16(10-12-17)24(31(3,27)28)15-21(25)23-14-19(22(26)29-2)18-7-5-6-8-20(18)23/h5-12,14H,4,13,15H2,1-3H3. The molecule has 1 heterocycles. The van der Waals surface area contributed by atoms with E-state index in [-0.39, 0.29) is 5.56 Å². The van der Waals surface area contributed by atoms with Crippen molar-refractivity contribution in [1.29, 1.82) is 0 Å². The summed E-state index contributed by atoms with van der Waals surface area (Å²) in [7, 11) is -2.49. The summed E-state index contributed by atoms with van der Waals surface area (Å²) in [5, 5.41) is 0.547. The molecule has 0 aliphatic heterocycles. The van der Waals surface area contributed by atoms with Gasteiger partial charge in [-0.15, -0.1) is 0 Å². The van der Waals surface area contributed by atoms with Crippen LogP contribution in [0.2, 0.25) is 0 Å².